The molecule has 0 bridgehead atoms. The SMILES string of the molecule is O=C(c1cscn1)N1CCC2(CCN(Cc3ccoc3)CC2)C1. The van der Waals surface area contributed by atoms with E-state index in [0.29, 0.717) is 11.1 Å². The van der Waals surface area contributed by atoms with Crippen LogP contribution >= 0.6 is 11.3 Å². The third-order valence-electron chi connectivity index (χ3n) is 5.28. The molecule has 2 aromatic rings. The fourth-order valence-electron chi connectivity index (χ4n) is 3.82. The van der Waals surface area contributed by atoms with Gasteiger partial charge in [0, 0.05) is 30.6 Å². The molecule has 2 fully saturated rings. The summed E-state index contributed by atoms with van der Waals surface area (Å²) in [6, 6.07) is 2.04. The van der Waals surface area contributed by atoms with Crippen molar-refractivity contribution < 1.29 is 9.21 Å². The number of carbonyl (C=O) groups excluding carboxylic acids is 1. The van der Waals surface area contributed by atoms with Gasteiger partial charge >= 0.3 is 0 Å². The minimum absolute atomic E-state index is 0.101. The molecule has 1 amide bonds. The third-order valence-corrected chi connectivity index (χ3v) is 5.87. The number of furan rings is 1. The van der Waals surface area contributed by atoms with Gasteiger partial charge in [-0.05, 0) is 43.8 Å². The van der Waals surface area contributed by atoms with Crippen LogP contribution in [0.5, 0.6) is 0 Å². The molecule has 2 aliphatic rings. The molecule has 0 atom stereocenters. The van der Waals surface area contributed by atoms with Crippen LogP contribution in [-0.4, -0.2) is 46.9 Å². The Kier molecular flexibility index (Phi) is 3.95. The number of hydrogen-bond acceptors (Lipinski definition) is 5. The predicted molar refractivity (Wildman–Crippen MR) is 88.3 cm³/mol. The maximum absolute atomic E-state index is 12.5. The molecule has 4 heterocycles. The molecule has 0 aliphatic carbocycles. The highest BCUT2D eigenvalue weighted by molar-refractivity contribution is 7.07. The summed E-state index contributed by atoms with van der Waals surface area (Å²) in [5, 5.41) is 1.85. The summed E-state index contributed by atoms with van der Waals surface area (Å²) in [6.45, 7) is 4.93. The van der Waals surface area contributed by atoms with Crippen LogP contribution in [0.2, 0.25) is 0 Å². The largest absolute Gasteiger partial charge is 0.472 e. The summed E-state index contributed by atoms with van der Waals surface area (Å²) < 4.78 is 5.15. The molecule has 0 N–H and O–H groups in total. The average Bonchev–Trinajstić information content (AvgIpc) is 3.31. The molecular formula is C17H21N3O2S. The number of piperidine rings is 1. The van der Waals surface area contributed by atoms with Crippen LogP contribution in [0.25, 0.3) is 0 Å². The van der Waals surface area contributed by atoms with Crippen molar-refractivity contribution >= 4 is 17.2 Å². The van der Waals surface area contributed by atoms with Crippen molar-refractivity contribution in [1.82, 2.24) is 14.8 Å². The first-order valence-electron chi connectivity index (χ1n) is 8.15. The van der Waals surface area contributed by atoms with E-state index in [-0.39, 0.29) is 5.91 Å². The topological polar surface area (TPSA) is 49.6 Å². The van der Waals surface area contributed by atoms with Gasteiger partial charge in [0.25, 0.3) is 5.91 Å². The van der Waals surface area contributed by atoms with Crippen LogP contribution in [0, 0.1) is 5.41 Å². The number of nitrogens with zero attached hydrogens (tertiary/aromatic N) is 3. The van der Waals surface area contributed by atoms with Gasteiger partial charge in [0.2, 0.25) is 0 Å². The molecular weight excluding hydrogens is 310 g/mol. The maximum Gasteiger partial charge on any atom is 0.273 e. The number of thiazole rings is 1. The average molecular weight is 331 g/mol. The number of hydrogen-bond donors (Lipinski definition) is 0. The summed E-state index contributed by atoms with van der Waals surface area (Å²) in [7, 11) is 0. The number of likely N-dealkylation sites (tertiary alicyclic amines) is 2. The first-order valence-corrected chi connectivity index (χ1v) is 9.09. The first kappa shape index (κ1) is 14.9. The van der Waals surface area contributed by atoms with Gasteiger partial charge in [0.1, 0.15) is 5.69 Å². The van der Waals surface area contributed by atoms with Crippen molar-refractivity contribution in [3.8, 4) is 0 Å². The third kappa shape index (κ3) is 3.05. The molecule has 2 aromatic heterocycles. The van der Waals surface area contributed by atoms with Gasteiger partial charge in [-0.1, -0.05) is 0 Å². The van der Waals surface area contributed by atoms with E-state index in [1.807, 2.05) is 22.6 Å². The zero-order chi connectivity index (χ0) is 15.7. The molecule has 23 heavy (non-hydrogen) atoms. The van der Waals surface area contributed by atoms with Crippen LogP contribution in [0.4, 0.5) is 0 Å². The highest BCUT2D eigenvalue weighted by Crippen LogP contribution is 2.41. The number of carbonyl (C=O) groups is 1. The summed E-state index contributed by atoms with van der Waals surface area (Å²) in [4.78, 5) is 21.1. The Labute approximate surface area is 139 Å². The van der Waals surface area contributed by atoms with Crippen LogP contribution in [-0.2, 0) is 6.54 Å². The molecule has 1 spiro atoms. The first-order chi connectivity index (χ1) is 11.2. The predicted octanol–water partition coefficient (Wildman–Crippen LogP) is 2.86. The van der Waals surface area contributed by atoms with Gasteiger partial charge in [0.05, 0.1) is 18.0 Å². The lowest BCUT2D eigenvalue weighted by Crippen LogP contribution is -2.41. The fraction of sp³-hybridized carbons (Fsp3) is 0.529. The Morgan fingerprint density at radius 3 is 2.83 bits per heavy atom. The molecule has 5 nitrogen and oxygen atoms in total. The molecule has 0 unspecified atom stereocenters. The van der Waals surface area contributed by atoms with Gasteiger partial charge < -0.3 is 9.32 Å². The second kappa shape index (κ2) is 6.09. The van der Waals surface area contributed by atoms with E-state index < -0.39 is 0 Å². The monoisotopic (exact) mass is 331 g/mol. The molecule has 2 saturated heterocycles. The lowest BCUT2D eigenvalue weighted by atomic mass is 9.77. The van der Waals surface area contributed by atoms with E-state index in [0.717, 1.165) is 39.1 Å². The molecule has 0 aromatic carbocycles. The molecule has 2 aliphatic heterocycles. The minimum atomic E-state index is 0.101. The lowest BCUT2D eigenvalue weighted by molar-refractivity contribution is 0.0709. The molecule has 4 rings (SSSR count). The van der Waals surface area contributed by atoms with Crippen molar-refractivity contribution in [1.29, 1.82) is 0 Å². The van der Waals surface area contributed by atoms with E-state index in [9.17, 15) is 4.79 Å². The Bertz CT molecular complexity index is 645. The highest BCUT2D eigenvalue weighted by Gasteiger charge is 2.42. The quantitative estimate of drug-likeness (QED) is 0.868. The Morgan fingerprint density at radius 1 is 1.30 bits per heavy atom. The van der Waals surface area contributed by atoms with Crippen LogP contribution in [0.15, 0.2) is 33.9 Å². The number of rotatable bonds is 3. The fourth-order valence-corrected chi connectivity index (χ4v) is 4.35. The van der Waals surface area contributed by atoms with E-state index >= 15 is 0 Å². The van der Waals surface area contributed by atoms with Crippen molar-refractivity contribution in [3.05, 3.63) is 40.7 Å². The Balaban J connectivity index is 1.34. The Hall–Kier alpha value is -1.66. The normalized spacial score (nSPS) is 21.1. The van der Waals surface area contributed by atoms with Crippen molar-refractivity contribution in [2.24, 2.45) is 5.41 Å². The van der Waals surface area contributed by atoms with Crippen molar-refractivity contribution in [3.63, 3.8) is 0 Å². The minimum Gasteiger partial charge on any atom is -0.472 e. The summed E-state index contributed by atoms with van der Waals surface area (Å²) >= 11 is 1.48. The smallest absolute Gasteiger partial charge is 0.273 e. The lowest BCUT2D eigenvalue weighted by Gasteiger charge is -2.39. The zero-order valence-electron chi connectivity index (χ0n) is 13.1. The van der Waals surface area contributed by atoms with Gasteiger partial charge in [-0.2, -0.15) is 0 Å². The highest BCUT2D eigenvalue weighted by atomic mass is 32.1. The van der Waals surface area contributed by atoms with Crippen molar-refractivity contribution in [2.75, 3.05) is 26.2 Å². The van der Waals surface area contributed by atoms with Gasteiger partial charge in [-0.15, -0.1) is 11.3 Å². The number of aromatic nitrogens is 1. The van der Waals surface area contributed by atoms with E-state index in [4.69, 9.17) is 4.42 Å². The second-order valence-electron chi connectivity index (χ2n) is 6.76. The summed E-state index contributed by atoms with van der Waals surface area (Å²) in [5.41, 5.74) is 3.89. The van der Waals surface area contributed by atoms with Crippen LogP contribution < -0.4 is 0 Å². The molecule has 0 saturated carbocycles. The van der Waals surface area contributed by atoms with E-state index in [2.05, 4.69) is 9.88 Å². The zero-order valence-corrected chi connectivity index (χ0v) is 13.9. The van der Waals surface area contributed by atoms with Crippen LogP contribution in [0.1, 0.15) is 35.3 Å². The van der Waals surface area contributed by atoms with Crippen LogP contribution in [0.3, 0.4) is 0 Å². The van der Waals surface area contributed by atoms with Gasteiger partial charge in [-0.3, -0.25) is 9.69 Å². The molecule has 6 heteroatoms. The van der Waals surface area contributed by atoms with E-state index in [1.54, 1.807) is 11.8 Å². The summed E-state index contributed by atoms with van der Waals surface area (Å²) in [6.07, 6.45) is 7.04. The Morgan fingerprint density at radius 2 is 2.13 bits per heavy atom. The summed E-state index contributed by atoms with van der Waals surface area (Å²) in [5.74, 6) is 0.101. The second-order valence-corrected chi connectivity index (χ2v) is 7.48. The maximum atomic E-state index is 12.5. The molecule has 0 radical (unpaired) electrons. The standard InChI is InChI=1S/C17H21N3O2S/c21-16(15-11-23-13-18-15)20-7-4-17(12-20)2-5-19(6-3-17)9-14-1-8-22-10-14/h1,8,10-11,13H,2-7,9,12H2. The van der Waals surface area contributed by atoms with Gasteiger partial charge in [-0.25, -0.2) is 4.98 Å². The van der Waals surface area contributed by atoms with E-state index in [1.165, 1.54) is 29.7 Å². The van der Waals surface area contributed by atoms with Gasteiger partial charge in [0.15, 0.2) is 0 Å². The molecule has 122 valence electrons. The number of amides is 1. The van der Waals surface area contributed by atoms with Crippen molar-refractivity contribution in [2.45, 2.75) is 25.8 Å².